The number of methoxy groups -OCH3 is 1. The van der Waals surface area contributed by atoms with E-state index in [0.717, 1.165) is 22.7 Å². The van der Waals surface area contributed by atoms with Gasteiger partial charge in [-0.25, -0.2) is 8.42 Å². The number of rotatable bonds is 8. The van der Waals surface area contributed by atoms with Crippen LogP contribution in [0.25, 0.3) is 0 Å². The van der Waals surface area contributed by atoms with E-state index in [1.807, 2.05) is 0 Å². The molecule has 0 spiro atoms. The maximum Gasteiger partial charge on any atom is 0.573 e. The number of carbonyl (C=O) groups excluding carboxylic acids is 1. The second-order valence-electron chi connectivity index (χ2n) is 6.25. The van der Waals surface area contributed by atoms with Crippen molar-refractivity contribution in [1.29, 1.82) is 0 Å². The van der Waals surface area contributed by atoms with Crippen molar-refractivity contribution < 1.29 is 35.9 Å². The molecule has 1 atom stereocenters. The van der Waals surface area contributed by atoms with Crippen molar-refractivity contribution in [3.8, 4) is 11.5 Å². The van der Waals surface area contributed by atoms with Crippen LogP contribution in [0.15, 0.2) is 48.5 Å². The van der Waals surface area contributed by atoms with Gasteiger partial charge < -0.3 is 14.8 Å². The molecule has 1 amide bonds. The first kappa shape index (κ1) is 23.3. The number of ether oxygens (including phenoxy) is 2. The van der Waals surface area contributed by atoms with Gasteiger partial charge in [-0.2, -0.15) is 0 Å². The smallest absolute Gasteiger partial charge is 0.497 e. The van der Waals surface area contributed by atoms with Crippen molar-refractivity contribution in [2.45, 2.75) is 25.7 Å². The number of benzene rings is 2. The highest BCUT2D eigenvalue weighted by molar-refractivity contribution is 7.92. The largest absolute Gasteiger partial charge is 0.573 e. The van der Waals surface area contributed by atoms with Gasteiger partial charge >= 0.3 is 6.36 Å². The third kappa shape index (κ3) is 6.28. The Balaban J connectivity index is 2.27. The zero-order valence-electron chi connectivity index (χ0n) is 16.4. The van der Waals surface area contributed by atoms with Gasteiger partial charge in [0.15, 0.2) is 0 Å². The van der Waals surface area contributed by atoms with E-state index in [1.165, 1.54) is 31.4 Å². The molecule has 0 fully saturated rings. The summed E-state index contributed by atoms with van der Waals surface area (Å²) in [5.74, 6) is -0.673. The zero-order valence-corrected chi connectivity index (χ0v) is 17.3. The first-order valence-corrected chi connectivity index (χ1v) is 10.6. The third-order valence-electron chi connectivity index (χ3n) is 3.99. The van der Waals surface area contributed by atoms with Crippen molar-refractivity contribution in [3.05, 3.63) is 48.5 Å². The molecule has 2 aromatic carbocycles. The average Bonchev–Trinajstić information content (AvgIpc) is 2.65. The van der Waals surface area contributed by atoms with Gasteiger partial charge in [0.2, 0.25) is 15.9 Å². The molecule has 0 saturated carbocycles. The van der Waals surface area contributed by atoms with Crippen molar-refractivity contribution in [2.75, 3.05) is 23.0 Å². The fraction of sp³-hybridized carbons (Fsp3) is 0.316. The van der Waals surface area contributed by atoms with Crippen LogP contribution in [-0.2, 0) is 14.8 Å². The quantitative estimate of drug-likeness (QED) is 0.667. The monoisotopic (exact) mass is 446 g/mol. The molecule has 0 aliphatic heterocycles. The second-order valence-corrected chi connectivity index (χ2v) is 8.11. The molecule has 0 bridgehead atoms. The summed E-state index contributed by atoms with van der Waals surface area (Å²) in [4.78, 5) is 12.8. The number of halogens is 3. The molecule has 2 aromatic rings. The molecule has 0 aromatic heterocycles. The van der Waals surface area contributed by atoms with Gasteiger partial charge in [0, 0.05) is 11.8 Å². The maximum atomic E-state index is 12.8. The molecule has 0 radical (unpaired) electrons. The summed E-state index contributed by atoms with van der Waals surface area (Å²) in [7, 11) is -2.42. The molecular weight excluding hydrogens is 425 g/mol. The lowest BCUT2D eigenvalue weighted by molar-refractivity contribution is -0.274. The number of sulfonamides is 1. The number of carbonyl (C=O) groups is 1. The van der Waals surface area contributed by atoms with E-state index >= 15 is 0 Å². The molecule has 164 valence electrons. The van der Waals surface area contributed by atoms with Crippen molar-refractivity contribution in [3.63, 3.8) is 0 Å². The molecular formula is C19H21F3N2O5S. The van der Waals surface area contributed by atoms with Gasteiger partial charge in [-0.1, -0.05) is 13.0 Å². The predicted octanol–water partition coefficient (Wildman–Crippen LogP) is 3.78. The number of anilines is 2. The van der Waals surface area contributed by atoms with E-state index in [0.29, 0.717) is 5.75 Å². The summed E-state index contributed by atoms with van der Waals surface area (Å²) in [6.45, 7) is 1.64. The first-order valence-electron chi connectivity index (χ1n) is 8.74. The minimum absolute atomic E-state index is 0.144. The van der Waals surface area contributed by atoms with Crippen LogP contribution in [0, 0.1) is 0 Å². The van der Waals surface area contributed by atoms with Crippen LogP contribution in [0.1, 0.15) is 13.3 Å². The topological polar surface area (TPSA) is 84.9 Å². The predicted molar refractivity (Wildman–Crippen MR) is 106 cm³/mol. The van der Waals surface area contributed by atoms with Crippen molar-refractivity contribution in [1.82, 2.24) is 0 Å². The van der Waals surface area contributed by atoms with Gasteiger partial charge in [-0.05, 0) is 42.8 Å². The summed E-state index contributed by atoms with van der Waals surface area (Å²) < 4.78 is 71.5. The van der Waals surface area contributed by atoms with Crippen LogP contribution >= 0.6 is 0 Å². The molecule has 1 N–H and O–H groups in total. The summed E-state index contributed by atoms with van der Waals surface area (Å²) in [5.41, 5.74) is 0.430. The van der Waals surface area contributed by atoms with Crippen LogP contribution in [0.2, 0.25) is 0 Å². The number of alkyl halides is 3. The number of hydrogen-bond donors (Lipinski definition) is 1. The van der Waals surface area contributed by atoms with E-state index in [-0.39, 0.29) is 17.8 Å². The number of nitrogens with zero attached hydrogens (tertiary/aromatic N) is 1. The van der Waals surface area contributed by atoms with Gasteiger partial charge in [-0.15, -0.1) is 13.2 Å². The van der Waals surface area contributed by atoms with Crippen LogP contribution < -0.4 is 19.1 Å². The fourth-order valence-corrected chi connectivity index (χ4v) is 3.98. The maximum absolute atomic E-state index is 12.8. The Hall–Kier alpha value is -2.95. The summed E-state index contributed by atoms with van der Waals surface area (Å²) in [6.07, 6.45) is -3.71. The van der Waals surface area contributed by atoms with E-state index in [9.17, 15) is 26.4 Å². The number of nitrogens with one attached hydrogen (secondary N) is 1. The lowest BCUT2D eigenvalue weighted by Gasteiger charge is -2.30. The Morgan fingerprint density at radius 3 is 2.27 bits per heavy atom. The molecule has 30 heavy (non-hydrogen) atoms. The van der Waals surface area contributed by atoms with Crippen molar-refractivity contribution >= 4 is 27.3 Å². The SMILES string of the molecule is CCC(C(=O)Nc1ccc(OC(F)(F)F)cc1)N(c1cccc(OC)c1)S(C)(=O)=O. The van der Waals surface area contributed by atoms with Crippen LogP contribution in [0.3, 0.4) is 0 Å². The van der Waals surface area contributed by atoms with E-state index in [4.69, 9.17) is 4.74 Å². The van der Waals surface area contributed by atoms with Gasteiger partial charge in [0.05, 0.1) is 19.1 Å². The van der Waals surface area contributed by atoms with Crippen LogP contribution in [0.4, 0.5) is 24.5 Å². The Morgan fingerprint density at radius 1 is 1.13 bits per heavy atom. The van der Waals surface area contributed by atoms with Crippen LogP contribution in [0.5, 0.6) is 11.5 Å². The second kappa shape index (κ2) is 9.24. The van der Waals surface area contributed by atoms with Crippen molar-refractivity contribution in [2.24, 2.45) is 0 Å². The highest BCUT2D eigenvalue weighted by Crippen LogP contribution is 2.28. The standard InChI is InChI=1S/C19H21F3N2O5S/c1-4-17(24(30(3,26)27)14-6-5-7-16(12-14)28-2)18(25)23-13-8-10-15(11-9-13)29-19(20,21)22/h5-12,17H,4H2,1-3H3,(H,23,25). The molecule has 7 nitrogen and oxygen atoms in total. The van der Waals surface area contributed by atoms with E-state index < -0.39 is 34.1 Å². The third-order valence-corrected chi connectivity index (χ3v) is 5.17. The summed E-state index contributed by atoms with van der Waals surface area (Å²) in [6, 6.07) is 9.68. The lowest BCUT2D eigenvalue weighted by atomic mass is 10.1. The van der Waals surface area contributed by atoms with Gasteiger partial charge in [0.1, 0.15) is 17.5 Å². The molecule has 2 rings (SSSR count). The minimum atomic E-state index is -4.83. The van der Waals surface area contributed by atoms with Crippen LogP contribution in [-0.4, -0.2) is 40.1 Å². The number of amides is 1. The van der Waals surface area contributed by atoms with Gasteiger partial charge in [0.25, 0.3) is 0 Å². The highest BCUT2D eigenvalue weighted by atomic mass is 32.2. The molecule has 0 heterocycles. The molecule has 0 aliphatic carbocycles. The Kier molecular flexibility index (Phi) is 7.19. The minimum Gasteiger partial charge on any atom is -0.497 e. The molecule has 1 unspecified atom stereocenters. The highest BCUT2D eigenvalue weighted by Gasteiger charge is 2.32. The number of hydrogen-bond acceptors (Lipinski definition) is 5. The summed E-state index contributed by atoms with van der Waals surface area (Å²) >= 11 is 0. The fourth-order valence-electron chi connectivity index (χ4n) is 2.77. The Labute approximate surface area is 172 Å². The average molecular weight is 446 g/mol. The molecule has 0 saturated heterocycles. The Morgan fingerprint density at radius 2 is 1.77 bits per heavy atom. The Bertz CT molecular complexity index is 978. The van der Waals surface area contributed by atoms with E-state index in [2.05, 4.69) is 10.1 Å². The summed E-state index contributed by atoms with van der Waals surface area (Å²) in [5, 5.41) is 2.52. The van der Waals surface area contributed by atoms with E-state index in [1.54, 1.807) is 19.1 Å². The lowest BCUT2D eigenvalue weighted by Crippen LogP contribution is -2.47. The normalized spacial score (nSPS) is 12.7. The molecule has 11 heteroatoms. The zero-order chi connectivity index (χ0) is 22.5. The molecule has 0 aliphatic rings. The van der Waals surface area contributed by atoms with Gasteiger partial charge in [-0.3, -0.25) is 9.10 Å². The first-order chi connectivity index (χ1) is 13.9.